The van der Waals surface area contributed by atoms with Crippen molar-refractivity contribution < 1.29 is 33.0 Å². The highest BCUT2D eigenvalue weighted by Crippen LogP contribution is 2.30. The molecule has 2 aliphatic heterocycles. The molecule has 0 radical (unpaired) electrons. The number of rotatable bonds is 7. The molecule has 4 rings (SSSR count). The van der Waals surface area contributed by atoms with E-state index in [4.69, 9.17) is 14.2 Å². The van der Waals surface area contributed by atoms with Crippen LogP contribution in [0.25, 0.3) is 5.57 Å². The summed E-state index contributed by atoms with van der Waals surface area (Å²) >= 11 is 1.01. The second kappa shape index (κ2) is 9.94. The first-order chi connectivity index (χ1) is 15.9. The molecule has 0 spiro atoms. The van der Waals surface area contributed by atoms with Gasteiger partial charge in [-0.05, 0) is 30.2 Å². The Morgan fingerprint density at radius 3 is 2.88 bits per heavy atom. The van der Waals surface area contributed by atoms with Gasteiger partial charge in [-0.25, -0.2) is 9.18 Å². The molecule has 3 heterocycles. The summed E-state index contributed by atoms with van der Waals surface area (Å²) in [7, 11) is 0. The lowest BCUT2D eigenvalue weighted by atomic mass is 9.98. The fourth-order valence-electron chi connectivity index (χ4n) is 3.54. The highest BCUT2D eigenvalue weighted by Gasteiger charge is 2.33. The number of cyclic esters (lactones) is 1. The number of ether oxygens (including phenoxy) is 3. The van der Waals surface area contributed by atoms with Crippen molar-refractivity contribution in [1.82, 2.24) is 13.6 Å². The van der Waals surface area contributed by atoms with Gasteiger partial charge in [0.15, 0.2) is 12.7 Å². The fourth-order valence-corrected chi connectivity index (χ4v) is 3.91. The second-order valence-corrected chi connectivity index (χ2v) is 7.99. The number of esters is 1. The Kier molecular flexibility index (Phi) is 6.82. The number of nitrogens with zero attached hydrogens (tertiary/aromatic N) is 4. The number of hydrogen-bond donors (Lipinski definition) is 0. The lowest BCUT2D eigenvalue weighted by molar-refractivity contribution is -0.150. The minimum atomic E-state index is -0.578. The van der Waals surface area contributed by atoms with Crippen molar-refractivity contribution in [3.05, 3.63) is 41.9 Å². The van der Waals surface area contributed by atoms with Crippen molar-refractivity contribution >= 4 is 41.0 Å². The van der Waals surface area contributed by atoms with Crippen LogP contribution in [0.3, 0.4) is 0 Å². The van der Waals surface area contributed by atoms with Crippen molar-refractivity contribution in [1.29, 1.82) is 0 Å². The largest absolute Gasteiger partial charge is 0.472 e. The lowest BCUT2D eigenvalue weighted by Crippen LogP contribution is -2.37. The van der Waals surface area contributed by atoms with Gasteiger partial charge in [-0.2, -0.15) is 4.37 Å². The van der Waals surface area contributed by atoms with Gasteiger partial charge >= 0.3 is 12.1 Å². The van der Waals surface area contributed by atoms with E-state index in [9.17, 15) is 18.8 Å². The Labute approximate surface area is 192 Å². The average molecular weight is 476 g/mol. The topological polar surface area (TPSA) is 111 Å². The maximum absolute atomic E-state index is 14.9. The first-order valence-corrected chi connectivity index (χ1v) is 10.9. The van der Waals surface area contributed by atoms with E-state index in [-0.39, 0.29) is 25.7 Å². The molecule has 2 aliphatic rings. The third-order valence-corrected chi connectivity index (χ3v) is 5.66. The van der Waals surface area contributed by atoms with E-state index in [1.165, 1.54) is 24.1 Å². The molecule has 2 aromatic rings. The molecule has 0 bridgehead atoms. The Bertz CT molecular complexity index is 1080. The van der Waals surface area contributed by atoms with Gasteiger partial charge in [0, 0.05) is 25.6 Å². The van der Waals surface area contributed by atoms with Crippen LogP contribution in [0, 0.1) is 5.82 Å². The number of anilines is 1. The zero-order valence-corrected chi connectivity index (χ0v) is 18.5. The van der Waals surface area contributed by atoms with Gasteiger partial charge in [-0.15, -0.1) is 4.37 Å². The summed E-state index contributed by atoms with van der Waals surface area (Å²) < 4.78 is 38.1. The molecule has 1 aromatic carbocycles. The molecule has 2 amide bonds. The highest BCUT2D eigenvalue weighted by molar-refractivity contribution is 6.99. The highest BCUT2D eigenvalue weighted by atomic mass is 32.1. The van der Waals surface area contributed by atoms with Gasteiger partial charge in [0.05, 0.1) is 24.0 Å². The maximum Gasteiger partial charge on any atom is 0.414 e. The monoisotopic (exact) mass is 476 g/mol. The van der Waals surface area contributed by atoms with Crippen LogP contribution in [-0.4, -0.2) is 70.6 Å². The van der Waals surface area contributed by atoms with E-state index in [0.29, 0.717) is 36.6 Å². The molecular weight excluding hydrogens is 455 g/mol. The van der Waals surface area contributed by atoms with E-state index in [0.717, 1.165) is 17.3 Å². The standard InChI is InChI=1S/C21H21FN4O6S/c1-13(27)30-12-20(28)25-6-4-14(5-7-25)17-3-2-15(8-18(17)22)26-10-16(32-21(26)29)11-31-19-9-23-33-24-19/h2-4,8-9,16H,5-7,10-12H2,1H3/t16-/m1/s1. The second-order valence-electron chi connectivity index (χ2n) is 7.44. The first kappa shape index (κ1) is 22.6. The molecule has 10 nitrogen and oxygen atoms in total. The smallest absolute Gasteiger partial charge is 0.414 e. The fraction of sp³-hybridized carbons (Fsp3) is 0.381. The number of carbonyl (C=O) groups is 3. The lowest BCUT2D eigenvalue weighted by Gasteiger charge is -2.26. The number of amides is 2. The summed E-state index contributed by atoms with van der Waals surface area (Å²) in [4.78, 5) is 38.1. The van der Waals surface area contributed by atoms with Gasteiger partial charge in [-0.1, -0.05) is 6.08 Å². The first-order valence-electron chi connectivity index (χ1n) is 10.2. The zero-order valence-electron chi connectivity index (χ0n) is 17.7. The van der Waals surface area contributed by atoms with E-state index in [1.54, 1.807) is 23.1 Å². The van der Waals surface area contributed by atoms with Gasteiger partial charge in [-0.3, -0.25) is 14.5 Å². The van der Waals surface area contributed by atoms with Crippen LogP contribution < -0.4 is 9.64 Å². The molecule has 33 heavy (non-hydrogen) atoms. The average Bonchev–Trinajstić information content (AvgIpc) is 3.45. The predicted molar refractivity (Wildman–Crippen MR) is 115 cm³/mol. The Balaban J connectivity index is 1.36. The van der Waals surface area contributed by atoms with Gasteiger partial charge in [0.25, 0.3) is 5.91 Å². The quantitative estimate of drug-likeness (QED) is 0.560. The number of carbonyl (C=O) groups excluding carboxylic acids is 3. The molecular formula is C21H21FN4O6S. The van der Waals surface area contributed by atoms with Crippen molar-refractivity contribution in [3.8, 4) is 5.88 Å². The van der Waals surface area contributed by atoms with Gasteiger partial charge in [0.1, 0.15) is 18.6 Å². The molecule has 1 fully saturated rings. The summed E-state index contributed by atoms with van der Waals surface area (Å²) in [6.45, 7) is 1.96. The third kappa shape index (κ3) is 5.45. The molecule has 1 atom stereocenters. The minimum absolute atomic E-state index is 0.119. The number of aromatic nitrogens is 2. The molecule has 174 valence electrons. The molecule has 0 N–H and O–H groups in total. The molecule has 0 aliphatic carbocycles. The third-order valence-electron chi connectivity index (χ3n) is 5.20. The number of benzene rings is 1. The van der Waals surface area contributed by atoms with E-state index in [2.05, 4.69) is 8.75 Å². The molecule has 0 saturated carbocycles. The Morgan fingerprint density at radius 1 is 1.36 bits per heavy atom. The predicted octanol–water partition coefficient (Wildman–Crippen LogP) is 2.26. The van der Waals surface area contributed by atoms with Gasteiger partial charge < -0.3 is 19.1 Å². The van der Waals surface area contributed by atoms with Gasteiger partial charge in [0.2, 0.25) is 5.88 Å². The van der Waals surface area contributed by atoms with Crippen LogP contribution in [0.1, 0.15) is 18.9 Å². The summed E-state index contributed by atoms with van der Waals surface area (Å²) in [6, 6.07) is 4.57. The van der Waals surface area contributed by atoms with E-state index < -0.39 is 24.0 Å². The van der Waals surface area contributed by atoms with Crippen LogP contribution in [0.5, 0.6) is 5.88 Å². The Morgan fingerprint density at radius 2 is 2.21 bits per heavy atom. The minimum Gasteiger partial charge on any atom is -0.472 e. The zero-order chi connectivity index (χ0) is 23.4. The number of hydrogen-bond acceptors (Lipinski definition) is 9. The summed E-state index contributed by atoms with van der Waals surface area (Å²) in [5, 5.41) is 0. The number of halogens is 1. The van der Waals surface area contributed by atoms with Crippen LogP contribution in [-0.2, 0) is 19.1 Å². The molecule has 12 heteroatoms. The van der Waals surface area contributed by atoms with E-state index in [1.807, 2.05) is 0 Å². The van der Waals surface area contributed by atoms with Crippen LogP contribution >= 0.6 is 11.7 Å². The molecule has 1 saturated heterocycles. The summed E-state index contributed by atoms with van der Waals surface area (Å²) in [5.74, 6) is -0.929. The summed E-state index contributed by atoms with van der Waals surface area (Å²) in [5.41, 5.74) is 1.56. The summed E-state index contributed by atoms with van der Waals surface area (Å²) in [6.07, 6.45) is 2.61. The van der Waals surface area contributed by atoms with Crippen molar-refractivity contribution in [2.75, 3.05) is 37.7 Å². The molecule has 1 aromatic heterocycles. The normalized spacial score (nSPS) is 18.1. The van der Waals surface area contributed by atoms with Crippen molar-refractivity contribution in [2.45, 2.75) is 19.4 Å². The SMILES string of the molecule is CC(=O)OCC(=O)N1CC=C(c2ccc(N3C[C@H](COc4cnsn4)OC3=O)cc2F)CC1. The molecule has 0 unspecified atom stereocenters. The maximum atomic E-state index is 14.9. The van der Waals surface area contributed by atoms with E-state index >= 15 is 0 Å². The Hall–Kier alpha value is -3.54. The van der Waals surface area contributed by atoms with Crippen molar-refractivity contribution in [2.24, 2.45) is 0 Å². The van der Waals surface area contributed by atoms with Crippen molar-refractivity contribution in [3.63, 3.8) is 0 Å². The van der Waals surface area contributed by atoms with Crippen LogP contribution in [0.15, 0.2) is 30.5 Å². The van der Waals surface area contributed by atoms with Crippen LogP contribution in [0.2, 0.25) is 0 Å². The van der Waals surface area contributed by atoms with Crippen LogP contribution in [0.4, 0.5) is 14.9 Å².